The number of carbonyl (C=O) groups is 1. The van der Waals surface area contributed by atoms with Crippen molar-refractivity contribution in [2.24, 2.45) is 0 Å². The highest BCUT2D eigenvalue weighted by molar-refractivity contribution is 6.09. The first-order valence-electron chi connectivity index (χ1n) is 5.73. The highest BCUT2D eigenvalue weighted by atomic mass is 16.5. The molecule has 0 radical (unpaired) electrons. The standard InChI is InChI=1S/C15H15NO2/c1-10-4-5-14(11(2)6-10)15(17)12-7-13(18-3)9-16-8-12/h4-9H,1-3H3. The van der Waals surface area contributed by atoms with E-state index in [4.69, 9.17) is 4.74 Å². The minimum atomic E-state index is -0.0288. The number of hydrogen-bond acceptors (Lipinski definition) is 3. The smallest absolute Gasteiger partial charge is 0.194 e. The molecule has 18 heavy (non-hydrogen) atoms. The molecule has 1 aromatic heterocycles. The average molecular weight is 241 g/mol. The lowest BCUT2D eigenvalue weighted by Gasteiger charge is -2.07. The fourth-order valence-electron chi connectivity index (χ4n) is 1.88. The van der Waals surface area contributed by atoms with Gasteiger partial charge in [0.05, 0.1) is 13.3 Å². The van der Waals surface area contributed by atoms with Gasteiger partial charge in [-0.15, -0.1) is 0 Å². The Morgan fingerprint density at radius 3 is 2.61 bits per heavy atom. The van der Waals surface area contributed by atoms with Crippen LogP contribution in [0.3, 0.4) is 0 Å². The summed E-state index contributed by atoms with van der Waals surface area (Å²) in [5.41, 5.74) is 3.37. The molecule has 0 N–H and O–H groups in total. The number of ketones is 1. The summed E-state index contributed by atoms with van der Waals surface area (Å²) in [6, 6.07) is 7.50. The van der Waals surface area contributed by atoms with Gasteiger partial charge in [-0.3, -0.25) is 9.78 Å². The summed E-state index contributed by atoms with van der Waals surface area (Å²) in [4.78, 5) is 16.4. The number of aromatic nitrogens is 1. The highest BCUT2D eigenvalue weighted by Gasteiger charge is 2.12. The molecular formula is C15H15NO2. The maximum absolute atomic E-state index is 12.4. The highest BCUT2D eigenvalue weighted by Crippen LogP contribution is 2.18. The molecule has 3 heteroatoms. The molecule has 0 atom stereocenters. The van der Waals surface area contributed by atoms with E-state index in [1.54, 1.807) is 25.6 Å². The summed E-state index contributed by atoms with van der Waals surface area (Å²) in [5.74, 6) is 0.560. The second-order valence-corrected chi connectivity index (χ2v) is 4.26. The van der Waals surface area contributed by atoms with Crippen molar-refractivity contribution in [2.45, 2.75) is 13.8 Å². The number of rotatable bonds is 3. The first-order valence-corrected chi connectivity index (χ1v) is 5.73. The third kappa shape index (κ3) is 2.40. The molecule has 2 rings (SSSR count). The Balaban J connectivity index is 2.41. The van der Waals surface area contributed by atoms with Crippen molar-refractivity contribution in [1.82, 2.24) is 4.98 Å². The van der Waals surface area contributed by atoms with E-state index in [1.807, 2.05) is 32.0 Å². The second kappa shape index (κ2) is 5.00. The molecule has 0 fully saturated rings. The van der Waals surface area contributed by atoms with Crippen LogP contribution in [0.25, 0.3) is 0 Å². The molecule has 1 aromatic carbocycles. The number of aryl methyl sites for hydroxylation is 2. The van der Waals surface area contributed by atoms with Gasteiger partial charge in [-0.2, -0.15) is 0 Å². The number of benzene rings is 1. The Morgan fingerprint density at radius 2 is 1.94 bits per heavy atom. The van der Waals surface area contributed by atoms with Crippen molar-refractivity contribution in [3.63, 3.8) is 0 Å². The Kier molecular flexibility index (Phi) is 3.42. The Morgan fingerprint density at radius 1 is 1.17 bits per heavy atom. The molecule has 0 aliphatic carbocycles. The third-order valence-corrected chi connectivity index (χ3v) is 2.84. The van der Waals surface area contributed by atoms with Gasteiger partial charge in [-0.1, -0.05) is 23.8 Å². The molecular weight excluding hydrogens is 226 g/mol. The van der Waals surface area contributed by atoms with E-state index < -0.39 is 0 Å². The van der Waals surface area contributed by atoms with Gasteiger partial charge in [0.2, 0.25) is 0 Å². The van der Waals surface area contributed by atoms with Gasteiger partial charge in [-0.25, -0.2) is 0 Å². The second-order valence-electron chi connectivity index (χ2n) is 4.26. The van der Waals surface area contributed by atoms with Crippen LogP contribution in [0.15, 0.2) is 36.7 Å². The van der Waals surface area contributed by atoms with E-state index in [0.717, 1.165) is 11.1 Å². The van der Waals surface area contributed by atoms with Crippen LogP contribution in [-0.4, -0.2) is 17.9 Å². The van der Waals surface area contributed by atoms with Gasteiger partial charge in [0.25, 0.3) is 0 Å². The lowest BCUT2D eigenvalue weighted by atomic mass is 9.98. The molecule has 2 aromatic rings. The number of nitrogens with zero attached hydrogens (tertiary/aromatic N) is 1. The van der Waals surface area contributed by atoms with Crippen molar-refractivity contribution >= 4 is 5.78 Å². The lowest BCUT2D eigenvalue weighted by Crippen LogP contribution is -2.04. The van der Waals surface area contributed by atoms with Crippen molar-refractivity contribution in [2.75, 3.05) is 7.11 Å². The quantitative estimate of drug-likeness (QED) is 0.775. The van der Waals surface area contributed by atoms with E-state index in [2.05, 4.69) is 4.98 Å². The SMILES string of the molecule is COc1cncc(C(=O)c2ccc(C)cc2C)c1. The zero-order valence-corrected chi connectivity index (χ0v) is 10.7. The normalized spacial score (nSPS) is 10.2. The molecule has 0 saturated heterocycles. The topological polar surface area (TPSA) is 39.2 Å². The molecule has 0 saturated carbocycles. The van der Waals surface area contributed by atoms with E-state index in [-0.39, 0.29) is 5.78 Å². The Bertz CT molecular complexity index is 591. The monoisotopic (exact) mass is 241 g/mol. The van der Waals surface area contributed by atoms with Crippen molar-refractivity contribution in [3.8, 4) is 5.75 Å². The number of hydrogen-bond donors (Lipinski definition) is 0. The van der Waals surface area contributed by atoms with Crippen molar-refractivity contribution in [1.29, 1.82) is 0 Å². The fraction of sp³-hybridized carbons (Fsp3) is 0.200. The van der Waals surface area contributed by atoms with Gasteiger partial charge < -0.3 is 4.74 Å². The van der Waals surface area contributed by atoms with Crippen LogP contribution in [0, 0.1) is 13.8 Å². The summed E-state index contributed by atoms with van der Waals surface area (Å²) in [7, 11) is 1.56. The maximum atomic E-state index is 12.4. The van der Waals surface area contributed by atoms with Crippen LogP contribution in [0.2, 0.25) is 0 Å². The summed E-state index contributed by atoms with van der Waals surface area (Å²) < 4.78 is 5.08. The molecule has 0 amide bonds. The van der Waals surface area contributed by atoms with E-state index in [0.29, 0.717) is 16.9 Å². The van der Waals surface area contributed by atoms with Gasteiger partial charge in [0.1, 0.15) is 5.75 Å². The van der Waals surface area contributed by atoms with Crippen LogP contribution in [-0.2, 0) is 0 Å². The molecule has 0 spiro atoms. The van der Waals surface area contributed by atoms with Crippen LogP contribution in [0.1, 0.15) is 27.0 Å². The fourth-order valence-corrected chi connectivity index (χ4v) is 1.88. The molecule has 0 aliphatic heterocycles. The number of carbonyl (C=O) groups excluding carboxylic acids is 1. The molecule has 3 nitrogen and oxygen atoms in total. The molecule has 0 bridgehead atoms. The van der Waals surface area contributed by atoms with Gasteiger partial charge in [0, 0.05) is 17.3 Å². The molecule has 0 aliphatic rings. The summed E-state index contributed by atoms with van der Waals surface area (Å²) in [6.45, 7) is 3.95. The third-order valence-electron chi connectivity index (χ3n) is 2.84. The predicted molar refractivity (Wildman–Crippen MR) is 70.1 cm³/mol. The van der Waals surface area contributed by atoms with E-state index in [1.165, 1.54) is 0 Å². The van der Waals surface area contributed by atoms with Gasteiger partial charge in [-0.05, 0) is 25.5 Å². The number of methoxy groups -OCH3 is 1. The summed E-state index contributed by atoms with van der Waals surface area (Å²) >= 11 is 0. The summed E-state index contributed by atoms with van der Waals surface area (Å²) in [5, 5.41) is 0. The average Bonchev–Trinajstić information content (AvgIpc) is 2.38. The Hall–Kier alpha value is -2.16. The number of pyridine rings is 1. The van der Waals surface area contributed by atoms with Crippen LogP contribution >= 0.6 is 0 Å². The molecule has 1 heterocycles. The first-order chi connectivity index (χ1) is 8.61. The van der Waals surface area contributed by atoms with E-state index >= 15 is 0 Å². The zero-order chi connectivity index (χ0) is 13.1. The first kappa shape index (κ1) is 12.3. The van der Waals surface area contributed by atoms with Crippen LogP contribution in [0.5, 0.6) is 5.75 Å². The number of ether oxygens (including phenoxy) is 1. The molecule has 0 unspecified atom stereocenters. The van der Waals surface area contributed by atoms with Gasteiger partial charge in [0.15, 0.2) is 5.78 Å². The van der Waals surface area contributed by atoms with Gasteiger partial charge >= 0.3 is 0 Å². The van der Waals surface area contributed by atoms with E-state index in [9.17, 15) is 4.79 Å². The minimum Gasteiger partial charge on any atom is -0.495 e. The predicted octanol–water partition coefficient (Wildman–Crippen LogP) is 2.94. The molecule has 92 valence electrons. The minimum absolute atomic E-state index is 0.0288. The lowest BCUT2D eigenvalue weighted by molar-refractivity contribution is 0.103. The maximum Gasteiger partial charge on any atom is 0.194 e. The zero-order valence-electron chi connectivity index (χ0n) is 10.7. The summed E-state index contributed by atoms with van der Waals surface area (Å²) in [6.07, 6.45) is 3.14. The van der Waals surface area contributed by atoms with Crippen molar-refractivity contribution < 1.29 is 9.53 Å². The van der Waals surface area contributed by atoms with Crippen LogP contribution < -0.4 is 4.74 Å². The Labute approximate surface area is 106 Å². The van der Waals surface area contributed by atoms with Crippen molar-refractivity contribution in [3.05, 3.63) is 58.9 Å². The van der Waals surface area contributed by atoms with Crippen LogP contribution in [0.4, 0.5) is 0 Å². The largest absolute Gasteiger partial charge is 0.495 e.